The quantitative estimate of drug-likeness (QED) is 0.656. The number of nitrogens with zero attached hydrogens (tertiary/aromatic N) is 4. The fourth-order valence-corrected chi connectivity index (χ4v) is 6.58. The predicted octanol–water partition coefficient (Wildman–Crippen LogP) is 0.809. The monoisotopic (exact) mass is 491 g/mol. The van der Waals surface area contributed by atoms with Crippen molar-refractivity contribution in [1.29, 1.82) is 0 Å². The van der Waals surface area contributed by atoms with Crippen molar-refractivity contribution in [3.63, 3.8) is 0 Å². The van der Waals surface area contributed by atoms with E-state index in [0.717, 1.165) is 0 Å². The molecule has 2 fully saturated rings. The van der Waals surface area contributed by atoms with Gasteiger partial charge < -0.3 is 4.90 Å². The van der Waals surface area contributed by atoms with Gasteiger partial charge in [-0.2, -0.15) is 0 Å². The van der Waals surface area contributed by atoms with Crippen LogP contribution in [-0.4, -0.2) is 82.4 Å². The third kappa shape index (κ3) is 4.81. The molecule has 11 heteroatoms. The number of fused-ring (bicyclic) bond motifs is 1. The van der Waals surface area contributed by atoms with Crippen LogP contribution in [0, 0.1) is 5.92 Å². The maximum absolute atomic E-state index is 13.6. The number of amides is 1. The van der Waals surface area contributed by atoms with Crippen molar-refractivity contribution in [3.8, 4) is 0 Å². The normalized spacial score (nSPS) is 21.1. The van der Waals surface area contributed by atoms with Crippen molar-refractivity contribution in [2.24, 2.45) is 5.92 Å². The van der Waals surface area contributed by atoms with E-state index in [1.807, 2.05) is 27.7 Å². The van der Waals surface area contributed by atoms with Crippen LogP contribution in [0.1, 0.15) is 56.1 Å². The number of hydrogen-bond donors (Lipinski definition) is 1. The van der Waals surface area contributed by atoms with Crippen LogP contribution in [-0.2, 0) is 16.4 Å². The average molecular weight is 492 g/mol. The molecular weight excluding hydrogens is 458 g/mol. The number of pyridine rings is 1. The molecule has 1 N–H and O–H groups in total. The second kappa shape index (κ2) is 9.26. The minimum absolute atomic E-state index is 0.000923. The van der Waals surface area contributed by atoms with Gasteiger partial charge in [0.15, 0.2) is 15.5 Å². The Balaban J connectivity index is 1.69. The van der Waals surface area contributed by atoms with E-state index in [4.69, 9.17) is 0 Å². The van der Waals surface area contributed by atoms with Crippen molar-refractivity contribution in [2.45, 2.75) is 52.6 Å². The minimum Gasteiger partial charge on any atom is -0.336 e. The van der Waals surface area contributed by atoms with Gasteiger partial charge in [0, 0.05) is 44.5 Å². The zero-order valence-electron chi connectivity index (χ0n) is 20.2. The molecule has 34 heavy (non-hydrogen) atoms. The van der Waals surface area contributed by atoms with Gasteiger partial charge in [-0.1, -0.05) is 27.7 Å². The van der Waals surface area contributed by atoms with E-state index < -0.39 is 21.1 Å². The molecule has 4 rings (SSSR count). The van der Waals surface area contributed by atoms with E-state index in [0.29, 0.717) is 44.8 Å². The van der Waals surface area contributed by atoms with E-state index in [1.165, 1.54) is 4.57 Å². The first kappa shape index (κ1) is 24.6. The van der Waals surface area contributed by atoms with Crippen molar-refractivity contribution in [3.05, 3.63) is 38.2 Å². The molecular formula is C23H33N5O5S. The third-order valence-corrected chi connectivity index (χ3v) is 8.41. The molecule has 0 bridgehead atoms. The highest BCUT2D eigenvalue weighted by molar-refractivity contribution is 7.91. The summed E-state index contributed by atoms with van der Waals surface area (Å²) in [5, 5.41) is 0.138. The summed E-state index contributed by atoms with van der Waals surface area (Å²) in [4.78, 5) is 49.9. The number of hydrogen-bond acceptors (Lipinski definition) is 7. The van der Waals surface area contributed by atoms with Crippen molar-refractivity contribution < 1.29 is 13.2 Å². The van der Waals surface area contributed by atoms with Crippen molar-refractivity contribution in [1.82, 2.24) is 24.3 Å². The van der Waals surface area contributed by atoms with Crippen molar-refractivity contribution in [2.75, 3.05) is 37.7 Å². The Morgan fingerprint density at radius 3 is 2.38 bits per heavy atom. The third-order valence-electron chi connectivity index (χ3n) is 6.66. The number of piperazine rings is 1. The molecule has 1 amide bonds. The summed E-state index contributed by atoms with van der Waals surface area (Å²) in [6.07, 6.45) is 0.631. The summed E-state index contributed by atoms with van der Waals surface area (Å²) in [5.41, 5.74) is 0.00315. The molecule has 1 unspecified atom stereocenters. The SMILES string of the molecule is CC(C)Cn1c(=O)[nH]c(=O)c2c(C(=O)N3CCN(C4CCS(=O)(=O)C4)CC3)cc(C(C)C)nc21. The molecule has 1 atom stereocenters. The van der Waals surface area contributed by atoms with Gasteiger partial charge in [-0.3, -0.25) is 24.0 Å². The summed E-state index contributed by atoms with van der Waals surface area (Å²) in [6, 6.07) is 1.68. The van der Waals surface area contributed by atoms with Crippen LogP contribution in [0.4, 0.5) is 0 Å². The molecule has 2 saturated heterocycles. The van der Waals surface area contributed by atoms with Gasteiger partial charge in [-0.25, -0.2) is 18.2 Å². The largest absolute Gasteiger partial charge is 0.336 e. The van der Waals surface area contributed by atoms with E-state index in [9.17, 15) is 22.8 Å². The highest BCUT2D eigenvalue weighted by Crippen LogP contribution is 2.23. The highest BCUT2D eigenvalue weighted by atomic mass is 32.2. The van der Waals surface area contributed by atoms with Gasteiger partial charge in [-0.15, -0.1) is 0 Å². The molecule has 0 aromatic carbocycles. The summed E-state index contributed by atoms with van der Waals surface area (Å²) in [5.74, 6) is 0.268. The topological polar surface area (TPSA) is 125 Å². The zero-order valence-corrected chi connectivity index (χ0v) is 21.0. The van der Waals surface area contributed by atoms with Gasteiger partial charge in [0.05, 0.1) is 22.5 Å². The number of rotatable bonds is 5. The van der Waals surface area contributed by atoms with Crippen LogP contribution < -0.4 is 11.2 Å². The first-order valence-corrected chi connectivity index (χ1v) is 13.7. The average Bonchev–Trinajstić information content (AvgIpc) is 3.14. The summed E-state index contributed by atoms with van der Waals surface area (Å²) >= 11 is 0. The molecule has 2 aromatic rings. The smallest absolute Gasteiger partial charge is 0.330 e. The van der Waals surface area contributed by atoms with Gasteiger partial charge in [-0.05, 0) is 24.3 Å². The molecule has 0 spiro atoms. The van der Waals surface area contributed by atoms with Crippen LogP contribution >= 0.6 is 0 Å². The molecule has 4 heterocycles. The van der Waals surface area contributed by atoms with E-state index >= 15 is 0 Å². The number of carbonyl (C=O) groups excluding carboxylic acids is 1. The summed E-state index contributed by atoms with van der Waals surface area (Å²) in [6.45, 7) is 10.3. The molecule has 2 aliphatic rings. The Morgan fingerprint density at radius 2 is 1.82 bits per heavy atom. The standard InChI is InChI=1S/C23H33N5O5S/c1-14(2)12-28-20-19(21(29)25-23(28)31)17(11-18(24-20)15(3)4)22(30)27-8-6-26(7-9-27)16-5-10-34(32,33)13-16/h11,14-16H,5-10,12-13H2,1-4H3,(H,25,29,31). The van der Waals surface area contributed by atoms with Gasteiger partial charge in [0.25, 0.3) is 11.5 Å². The molecule has 0 saturated carbocycles. The number of nitrogens with one attached hydrogen (secondary N) is 1. The lowest BCUT2D eigenvalue weighted by atomic mass is 10.0. The molecule has 0 aliphatic carbocycles. The first-order valence-electron chi connectivity index (χ1n) is 11.9. The molecule has 186 valence electrons. The molecule has 2 aliphatic heterocycles. The maximum atomic E-state index is 13.6. The lowest BCUT2D eigenvalue weighted by Gasteiger charge is -2.37. The van der Waals surface area contributed by atoms with Gasteiger partial charge >= 0.3 is 5.69 Å². The van der Waals surface area contributed by atoms with Gasteiger partial charge in [0.1, 0.15) is 0 Å². The predicted molar refractivity (Wildman–Crippen MR) is 130 cm³/mol. The summed E-state index contributed by atoms with van der Waals surface area (Å²) in [7, 11) is -2.97. The number of sulfone groups is 1. The second-order valence-electron chi connectivity index (χ2n) is 10.1. The number of carbonyl (C=O) groups is 1. The molecule has 10 nitrogen and oxygen atoms in total. The first-order chi connectivity index (χ1) is 16.0. The Kier molecular flexibility index (Phi) is 6.69. The van der Waals surface area contributed by atoms with Crippen LogP contribution in [0.2, 0.25) is 0 Å². The summed E-state index contributed by atoms with van der Waals surface area (Å²) < 4.78 is 25.1. The van der Waals surface area contributed by atoms with Crippen LogP contribution in [0.3, 0.4) is 0 Å². The van der Waals surface area contributed by atoms with Crippen LogP contribution in [0.5, 0.6) is 0 Å². The minimum atomic E-state index is -2.97. The van der Waals surface area contributed by atoms with Crippen LogP contribution in [0.25, 0.3) is 11.0 Å². The van der Waals surface area contributed by atoms with Crippen LogP contribution in [0.15, 0.2) is 15.7 Å². The fourth-order valence-electron chi connectivity index (χ4n) is 4.82. The Bertz CT molecular complexity index is 1320. The number of aromatic amines is 1. The van der Waals surface area contributed by atoms with Crippen molar-refractivity contribution >= 4 is 26.8 Å². The Morgan fingerprint density at radius 1 is 1.15 bits per heavy atom. The van der Waals surface area contributed by atoms with Gasteiger partial charge in [0.2, 0.25) is 0 Å². The fraction of sp³-hybridized carbons (Fsp3) is 0.652. The van der Waals surface area contributed by atoms with E-state index in [2.05, 4.69) is 14.9 Å². The molecule has 2 aromatic heterocycles. The number of aromatic nitrogens is 3. The van der Waals surface area contributed by atoms with E-state index in [-0.39, 0.29) is 51.9 Å². The lowest BCUT2D eigenvalue weighted by molar-refractivity contribution is 0.0589. The van der Waals surface area contributed by atoms with E-state index in [1.54, 1.807) is 11.0 Å². The zero-order chi connectivity index (χ0) is 24.8. The highest BCUT2D eigenvalue weighted by Gasteiger charge is 2.35. The maximum Gasteiger partial charge on any atom is 0.330 e. The lowest BCUT2D eigenvalue weighted by Crippen LogP contribution is -2.52. The Hall–Kier alpha value is -2.53. The Labute approximate surface area is 198 Å². The number of H-pyrrole nitrogens is 1. The second-order valence-corrected chi connectivity index (χ2v) is 12.3. The molecule has 0 radical (unpaired) electrons.